The number of benzene rings is 18. The molecular formula is C113H66O. The van der Waals surface area contributed by atoms with Crippen LogP contribution in [0.3, 0.4) is 0 Å². The smallest absolute Gasteiger partial charge is 0.193 e. The van der Waals surface area contributed by atoms with Gasteiger partial charge >= 0.3 is 0 Å². The molecule has 8 aliphatic rings. The predicted molar refractivity (Wildman–Crippen MR) is 463 cm³/mol. The number of carbonyl (C=O) groups is 1. The summed E-state index contributed by atoms with van der Waals surface area (Å²) in [6, 6.07) is 151. The van der Waals surface area contributed by atoms with Crippen molar-refractivity contribution in [1.29, 1.82) is 0 Å². The van der Waals surface area contributed by atoms with E-state index in [1.165, 1.54) is 178 Å². The van der Waals surface area contributed by atoms with Crippen LogP contribution in [0.4, 0.5) is 0 Å². The van der Waals surface area contributed by atoms with Gasteiger partial charge in [0.15, 0.2) is 5.78 Å². The van der Waals surface area contributed by atoms with Gasteiger partial charge in [-0.25, -0.2) is 0 Å². The summed E-state index contributed by atoms with van der Waals surface area (Å²) >= 11 is 0. The van der Waals surface area contributed by atoms with Gasteiger partial charge in [0.05, 0.1) is 21.7 Å². The van der Waals surface area contributed by atoms with Crippen LogP contribution in [0, 0.1) is 0 Å². The van der Waals surface area contributed by atoms with Gasteiger partial charge in [-0.3, -0.25) is 4.79 Å². The Morgan fingerprint density at radius 3 is 0.430 bits per heavy atom. The molecule has 0 radical (unpaired) electrons. The molecule has 0 saturated carbocycles. The summed E-state index contributed by atoms with van der Waals surface area (Å²) in [5.41, 5.74) is 47.5. The monoisotopic (exact) mass is 1440 g/mol. The molecule has 0 aliphatic heterocycles. The van der Waals surface area contributed by atoms with E-state index in [4.69, 9.17) is 0 Å². The fourth-order valence-corrected chi connectivity index (χ4v) is 23.4. The van der Waals surface area contributed by atoms with Gasteiger partial charge in [-0.15, -0.1) is 0 Å². The van der Waals surface area contributed by atoms with Crippen molar-refractivity contribution in [2.45, 2.75) is 21.7 Å². The Morgan fingerprint density at radius 1 is 0.132 bits per heavy atom. The first-order valence-corrected chi connectivity index (χ1v) is 40.0. The molecule has 4 spiro atoms. The minimum Gasteiger partial charge on any atom is -0.289 e. The highest BCUT2D eigenvalue weighted by molar-refractivity contribution is 6.12. The minimum atomic E-state index is -0.575. The van der Waals surface area contributed by atoms with E-state index in [0.717, 1.165) is 44.5 Å². The number of fused-ring (bicyclic) bond motifs is 40. The quantitative estimate of drug-likeness (QED) is 0.152. The third-order valence-electron chi connectivity index (χ3n) is 27.7. The maximum atomic E-state index is 17.4. The molecule has 0 saturated heterocycles. The Hall–Kier alpha value is -14.4. The summed E-state index contributed by atoms with van der Waals surface area (Å²) in [5, 5.41) is 0. The second-order valence-electron chi connectivity index (χ2n) is 32.5. The molecule has 0 N–H and O–H groups in total. The zero-order valence-corrected chi connectivity index (χ0v) is 62.0. The van der Waals surface area contributed by atoms with Crippen LogP contribution in [0.2, 0.25) is 0 Å². The molecule has 0 amide bonds. The van der Waals surface area contributed by atoms with E-state index in [1.54, 1.807) is 0 Å². The molecular weight excluding hydrogens is 1370 g/mol. The van der Waals surface area contributed by atoms with E-state index in [1.807, 2.05) is 0 Å². The SMILES string of the molecule is O=C(c1cc(-c2ccc3c(c2)C2(c4ccccc4-c4ccccc42)c2ccccc2-3)cc(-c2ccc3c(c2)C2(c4ccccc4-c4ccccc42)c2ccccc2-3)c1)c1cc(-c2ccc3c(c2)C2(c4ccccc4-c4ccccc42)c2ccccc2-3)cc(-c2ccc3c(c2)C2(c4ccccc4-c4ccccc42)c2ccccc2-3)c1. The molecule has 1 nitrogen and oxygen atoms in total. The highest BCUT2D eigenvalue weighted by atomic mass is 16.1. The van der Waals surface area contributed by atoms with Gasteiger partial charge in [0.1, 0.15) is 0 Å². The molecule has 18 aromatic rings. The van der Waals surface area contributed by atoms with E-state index in [9.17, 15) is 0 Å². The molecule has 1 heteroatoms. The number of carbonyl (C=O) groups excluding carboxylic acids is 1. The van der Waals surface area contributed by atoms with Crippen molar-refractivity contribution in [2.75, 3.05) is 0 Å². The number of hydrogen-bond donors (Lipinski definition) is 0. The molecule has 8 aliphatic carbocycles. The second-order valence-corrected chi connectivity index (χ2v) is 32.5. The van der Waals surface area contributed by atoms with Crippen molar-refractivity contribution >= 4 is 5.78 Å². The van der Waals surface area contributed by atoms with Gasteiger partial charge < -0.3 is 0 Å². The van der Waals surface area contributed by atoms with Crippen LogP contribution in [-0.4, -0.2) is 5.78 Å². The lowest BCUT2D eigenvalue weighted by Gasteiger charge is -2.31. The van der Waals surface area contributed by atoms with Crippen LogP contribution in [0.1, 0.15) is 105 Å². The molecule has 114 heavy (non-hydrogen) atoms. The van der Waals surface area contributed by atoms with Gasteiger partial charge in [-0.2, -0.15) is 0 Å². The predicted octanol–water partition coefficient (Wildman–Crippen LogP) is 27.0. The number of hydrogen-bond acceptors (Lipinski definition) is 1. The van der Waals surface area contributed by atoms with Gasteiger partial charge in [0.25, 0.3) is 0 Å². The highest BCUT2D eigenvalue weighted by Gasteiger charge is 2.56. The number of rotatable bonds is 6. The van der Waals surface area contributed by atoms with Crippen LogP contribution in [0.15, 0.2) is 400 Å². The van der Waals surface area contributed by atoms with Gasteiger partial charge in [0, 0.05) is 11.1 Å². The first kappa shape index (κ1) is 62.4. The first-order valence-electron chi connectivity index (χ1n) is 40.0. The maximum Gasteiger partial charge on any atom is 0.193 e. The van der Waals surface area contributed by atoms with Gasteiger partial charge in [0.2, 0.25) is 0 Å². The summed E-state index contributed by atoms with van der Waals surface area (Å²) in [7, 11) is 0. The first-order chi connectivity index (χ1) is 56.4. The zero-order valence-electron chi connectivity index (χ0n) is 62.0. The lowest BCUT2D eigenvalue weighted by Crippen LogP contribution is -2.25. The van der Waals surface area contributed by atoms with E-state index in [-0.39, 0.29) is 5.78 Å². The molecule has 0 unspecified atom stereocenters. The van der Waals surface area contributed by atoms with Crippen molar-refractivity contribution in [2.24, 2.45) is 0 Å². The molecule has 26 rings (SSSR count). The van der Waals surface area contributed by atoms with Crippen LogP contribution in [-0.2, 0) is 21.7 Å². The second kappa shape index (κ2) is 22.5. The summed E-state index contributed by atoms with van der Waals surface area (Å²) in [5.74, 6) is -0.0547. The Morgan fingerprint density at radius 2 is 0.272 bits per heavy atom. The van der Waals surface area contributed by atoms with Gasteiger partial charge in [-0.05, 0) is 283 Å². The Bertz CT molecular complexity index is 6300. The molecule has 0 aromatic heterocycles. The van der Waals surface area contributed by atoms with E-state index >= 15 is 4.79 Å². The van der Waals surface area contributed by atoms with Crippen molar-refractivity contribution in [1.82, 2.24) is 0 Å². The fourth-order valence-electron chi connectivity index (χ4n) is 23.4. The van der Waals surface area contributed by atoms with Crippen molar-refractivity contribution in [3.8, 4) is 134 Å². The molecule has 0 bridgehead atoms. The van der Waals surface area contributed by atoms with Crippen LogP contribution in [0.5, 0.6) is 0 Å². The Balaban J connectivity index is 0.715. The molecule has 524 valence electrons. The largest absolute Gasteiger partial charge is 0.289 e. The normalized spacial score (nSPS) is 14.8. The third kappa shape index (κ3) is 7.63. The van der Waals surface area contributed by atoms with Gasteiger partial charge in [-0.1, -0.05) is 340 Å². The summed E-state index contributed by atoms with van der Waals surface area (Å²) < 4.78 is 0. The standard InChI is InChI=1S/C113H66O/c114-109(75-59-71(67-49-53-89-85-33-9-21-45-101(85)110(105(89)63-67)93-37-13-1-25-77(93)78-26-2-14-38-94(78)110)57-72(60-75)68-50-54-90-86-34-10-22-46-102(86)111(106(90)64-68)95-39-15-3-27-79(95)80-28-4-16-40-96(80)111)76-61-73(69-51-55-91-87-35-11-23-47-103(87)112(107(91)65-69)97-41-17-5-29-81(97)82-30-6-18-42-98(82)112)58-74(62-76)70-52-56-92-88-36-12-24-48-104(88)113(108(92)66-70)99-43-19-7-31-83(99)84-32-8-20-44-100(84)113/h1-66H. The minimum absolute atomic E-state index is 0.0547. The van der Waals surface area contributed by atoms with Crippen molar-refractivity contribution in [3.05, 3.63) is 501 Å². The summed E-state index contributed by atoms with van der Waals surface area (Å²) in [4.78, 5) is 17.4. The average molecular weight is 1440 g/mol. The van der Waals surface area contributed by atoms with Crippen LogP contribution >= 0.6 is 0 Å². The van der Waals surface area contributed by atoms with E-state index in [0.29, 0.717) is 11.1 Å². The molecule has 0 fully saturated rings. The topological polar surface area (TPSA) is 17.1 Å². The fraction of sp³-hybridized carbons (Fsp3) is 0.0354. The average Bonchev–Trinajstić information content (AvgIpc) is 1.53. The Kier molecular flexibility index (Phi) is 12.3. The van der Waals surface area contributed by atoms with Crippen LogP contribution < -0.4 is 0 Å². The lowest BCUT2D eigenvalue weighted by atomic mass is 9.70. The van der Waals surface area contributed by atoms with Crippen molar-refractivity contribution in [3.63, 3.8) is 0 Å². The third-order valence-corrected chi connectivity index (χ3v) is 27.7. The summed E-state index contributed by atoms with van der Waals surface area (Å²) in [6.45, 7) is 0. The molecule has 18 aromatic carbocycles. The lowest BCUT2D eigenvalue weighted by molar-refractivity contribution is 0.103. The van der Waals surface area contributed by atoms with Crippen molar-refractivity contribution < 1.29 is 4.79 Å². The highest BCUT2D eigenvalue weighted by Crippen LogP contribution is 2.68. The molecule has 0 heterocycles. The zero-order chi connectivity index (χ0) is 74.5. The molecule has 0 atom stereocenters. The maximum absolute atomic E-state index is 17.4. The van der Waals surface area contributed by atoms with Crippen LogP contribution in [0.25, 0.3) is 134 Å². The number of ketones is 1. The van der Waals surface area contributed by atoms with E-state index in [2.05, 4.69) is 400 Å². The summed E-state index contributed by atoms with van der Waals surface area (Å²) in [6.07, 6.45) is 0. The Labute approximate surface area is 661 Å². The van der Waals surface area contributed by atoms with E-state index < -0.39 is 21.7 Å².